The van der Waals surface area contributed by atoms with E-state index in [1.54, 1.807) is 0 Å². The molecule has 15 rings (SSSR count). The molecular weight excluding hydrogens is 933 g/mol. The van der Waals surface area contributed by atoms with Crippen molar-refractivity contribution in [2.45, 2.75) is 6.54 Å². The molecule has 1 aliphatic rings. The summed E-state index contributed by atoms with van der Waals surface area (Å²) in [4.78, 5) is 4.82. The molecule has 0 N–H and O–H groups in total. The maximum Gasteiger partial charge on any atom is 0.0541 e. The zero-order valence-corrected chi connectivity index (χ0v) is 42.2. The Morgan fingerprint density at radius 2 is 0.610 bits per heavy atom. The molecule has 0 aliphatic carbocycles. The van der Waals surface area contributed by atoms with Gasteiger partial charge in [0, 0.05) is 73.5 Å². The van der Waals surface area contributed by atoms with Gasteiger partial charge in [0.25, 0.3) is 0 Å². The molecular formula is C73H50N4. The van der Waals surface area contributed by atoms with Gasteiger partial charge in [0.2, 0.25) is 0 Å². The Morgan fingerprint density at radius 3 is 1.05 bits per heavy atom. The molecule has 2 aromatic heterocycles. The average Bonchev–Trinajstić information content (AvgIpc) is 4.09. The van der Waals surface area contributed by atoms with Gasteiger partial charge < -0.3 is 18.9 Å². The van der Waals surface area contributed by atoms with Crippen molar-refractivity contribution in [3.8, 4) is 55.9 Å². The van der Waals surface area contributed by atoms with E-state index in [1.165, 1.54) is 93.9 Å². The maximum absolute atomic E-state index is 2.45. The minimum atomic E-state index is 0.821. The summed E-state index contributed by atoms with van der Waals surface area (Å²) >= 11 is 0. The zero-order chi connectivity index (χ0) is 50.8. The second kappa shape index (κ2) is 18.3. The van der Waals surface area contributed by atoms with Gasteiger partial charge in [0.1, 0.15) is 0 Å². The van der Waals surface area contributed by atoms with Crippen molar-refractivity contribution in [2.24, 2.45) is 0 Å². The lowest BCUT2D eigenvalue weighted by atomic mass is 9.93. The third-order valence-electron chi connectivity index (χ3n) is 15.7. The minimum absolute atomic E-state index is 0.821. The number of anilines is 5. The number of rotatable bonds is 9. The predicted molar refractivity (Wildman–Crippen MR) is 324 cm³/mol. The van der Waals surface area contributed by atoms with Gasteiger partial charge in [-0.3, -0.25) is 0 Å². The summed E-state index contributed by atoms with van der Waals surface area (Å²) in [6, 6.07) is 106. The van der Waals surface area contributed by atoms with Crippen LogP contribution >= 0.6 is 0 Å². The highest BCUT2D eigenvalue weighted by Gasteiger charge is 2.23. The van der Waals surface area contributed by atoms with E-state index in [2.05, 4.69) is 310 Å². The van der Waals surface area contributed by atoms with E-state index in [9.17, 15) is 0 Å². The highest BCUT2D eigenvalue weighted by molar-refractivity contribution is 6.10. The van der Waals surface area contributed by atoms with Crippen molar-refractivity contribution in [1.82, 2.24) is 9.13 Å². The molecule has 14 aromatic rings. The molecule has 0 atom stereocenters. The van der Waals surface area contributed by atoms with Crippen LogP contribution in [-0.2, 0) is 6.54 Å². The summed E-state index contributed by atoms with van der Waals surface area (Å²) in [6.45, 7) is 0.821. The van der Waals surface area contributed by atoms with E-state index in [-0.39, 0.29) is 0 Å². The highest BCUT2D eigenvalue weighted by Crippen LogP contribution is 2.44. The fraction of sp³-hybridized carbons (Fsp3) is 0.0137. The van der Waals surface area contributed by atoms with Crippen LogP contribution in [0.5, 0.6) is 0 Å². The molecule has 0 saturated carbocycles. The molecule has 4 nitrogen and oxygen atoms in total. The molecule has 0 fully saturated rings. The van der Waals surface area contributed by atoms with Gasteiger partial charge in [0.05, 0.1) is 22.1 Å². The Bertz CT molecular complexity index is 4230. The lowest BCUT2D eigenvalue weighted by Gasteiger charge is -2.33. The first-order valence-electron chi connectivity index (χ1n) is 26.5. The fourth-order valence-electron chi connectivity index (χ4n) is 12.1. The number of fused-ring (bicyclic) bond motifs is 9. The van der Waals surface area contributed by atoms with Crippen LogP contribution in [0.3, 0.4) is 0 Å². The molecule has 362 valence electrons. The Labute approximate surface area is 447 Å². The van der Waals surface area contributed by atoms with Crippen molar-refractivity contribution in [3.63, 3.8) is 0 Å². The molecule has 77 heavy (non-hydrogen) atoms. The molecule has 12 aromatic carbocycles. The Kier molecular flexibility index (Phi) is 10.6. The van der Waals surface area contributed by atoms with Gasteiger partial charge in [-0.25, -0.2) is 0 Å². The topological polar surface area (TPSA) is 16.3 Å². The molecule has 0 saturated heterocycles. The smallest absolute Gasteiger partial charge is 0.0541 e. The number of nitrogens with zero attached hydrogens (tertiary/aromatic N) is 4. The van der Waals surface area contributed by atoms with Crippen LogP contribution in [0.2, 0.25) is 0 Å². The van der Waals surface area contributed by atoms with Crippen LogP contribution in [0.15, 0.2) is 291 Å². The quantitative estimate of drug-likeness (QED) is 0.143. The average molecular weight is 983 g/mol. The molecule has 0 spiro atoms. The van der Waals surface area contributed by atoms with Crippen molar-refractivity contribution < 1.29 is 0 Å². The monoisotopic (exact) mass is 982 g/mol. The SMILES string of the molecule is c1cc(-c2ccc(N(c3ccc(-c4cccc(-n5c6ccccc6c6ccccc65)c4)cc3)c3ccc(-c4cccc(-n5c6ccccc6c6ccccc65)c4)cc3)cc2)cc(N2Cc3ccccc3-c3ccccc32)c1. The second-order valence-electron chi connectivity index (χ2n) is 20.1. The molecule has 0 bridgehead atoms. The van der Waals surface area contributed by atoms with Crippen LogP contribution in [-0.4, -0.2) is 9.13 Å². The molecule has 0 radical (unpaired) electrons. The van der Waals surface area contributed by atoms with E-state index in [0.29, 0.717) is 0 Å². The third kappa shape index (κ3) is 7.61. The summed E-state index contributed by atoms with van der Waals surface area (Å²) in [5.74, 6) is 0. The number of aromatic nitrogens is 2. The van der Waals surface area contributed by atoms with Crippen LogP contribution in [0.25, 0.3) is 99.5 Å². The molecule has 0 amide bonds. The minimum Gasteiger partial charge on any atom is -0.336 e. The van der Waals surface area contributed by atoms with E-state index in [4.69, 9.17) is 0 Å². The third-order valence-corrected chi connectivity index (χ3v) is 15.7. The van der Waals surface area contributed by atoms with Crippen molar-refractivity contribution in [2.75, 3.05) is 9.80 Å². The van der Waals surface area contributed by atoms with Gasteiger partial charge in [-0.15, -0.1) is 0 Å². The standard InChI is InChI=1S/C73H50N4/c1-2-23-63-56(16-1)49-74(69-29-8-3-24-64(63)69)60-20-13-17-53(46-60)50-34-40-57(41-35-50)75(58-42-36-51(37-43-58)54-18-14-21-61(47-54)76-70-30-9-4-25-65(70)66-26-5-10-31-71(66)76)59-44-38-52(39-45-59)55-19-15-22-62(48-55)77-72-32-11-6-27-67(72)68-28-7-12-33-73(68)77/h1-48H,49H2. The predicted octanol–water partition coefficient (Wildman–Crippen LogP) is 19.7. The lowest BCUT2D eigenvalue weighted by Crippen LogP contribution is -2.21. The van der Waals surface area contributed by atoms with Crippen molar-refractivity contribution in [1.29, 1.82) is 0 Å². The van der Waals surface area contributed by atoms with Crippen LogP contribution < -0.4 is 9.80 Å². The van der Waals surface area contributed by atoms with Gasteiger partial charge >= 0.3 is 0 Å². The summed E-state index contributed by atoms with van der Waals surface area (Å²) < 4.78 is 4.78. The van der Waals surface area contributed by atoms with E-state index in [1.807, 2.05) is 0 Å². The molecule has 0 unspecified atom stereocenters. The van der Waals surface area contributed by atoms with Crippen LogP contribution in [0.4, 0.5) is 28.4 Å². The number of hydrogen-bond acceptors (Lipinski definition) is 2. The summed E-state index contributed by atoms with van der Waals surface area (Å²) in [5.41, 5.74) is 23.7. The normalized spacial score (nSPS) is 12.1. The number of hydrogen-bond donors (Lipinski definition) is 0. The molecule has 3 heterocycles. The summed E-state index contributed by atoms with van der Waals surface area (Å²) in [5, 5.41) is 5.04. The Balaban J connectivity index is 0.786. The molecule has 1 aliphatic heterocycles. The maximum atomic E-state index is 2.45. The summed E-state index contributed by atoms with van der Waals surface area (Å²) in [7, 11) is 0. The van der Waals surface area contributed by atoms with E-state index in [0.717, 1.165) is 46.1 Å². The molecule has 4 heteroatoms. The lowest BCUT2D eigenvalue weighted by molar-refractivity contribution is 0.961. The van der Waals surface area contributed by atoms with E-state index < -0.39 is 0 Å². The first-order valence-corrected chi connectivity index (χ1v) is 26.5. The van der Waals surface area contributed by atoms with Gasteiger partial charge in [-0.1, -0.05) is 188 Å². The van der Waals surface area contributed by atoms with Gasteiger partial charge in [0.15, 0.2) is 0 Å². The largest absolute Gasteiger partial charge is 0.336 e. The zero-order valence-electron chi connectivity index (χ0n) is 42.2. The first kappa shape index (κ1) is 44.3. The van der Waals surface area contributed by atoms with Crippen LogP contribution in [0.1, 0.15) is 5.56 Å². The number of para-hydroxylation sites is 5. The number of benzene rings is 12. The fourth-order valence-corrected chi connectivity index (χ4v) is 12.1. The van der Waals surface area contributed by atoms with Crippen LogP contribution in [0, 0.1) is 0 Å². The second-order valence-corrected chi connectivity index (χ2v) is 20.1. The van der Waals surface area contributed by atoms with Crippen molar-refractivity contribution in [3.05, 3.63) is 297 Å². The Hall–Kier alpha value is -10.2. The Morgan fingerprint density at radius 1 is 0.260 bits per heavy atom. The van der Waals surface area contributed by atoms with Gasteiger partial charge in [-0.2, -0.15) is 0 Å². The first-order chi connectivity index (χ1) is 38.2. The summed E-state index contributed by atoms with van der Waals surface area (Å²) in [6.07, 6.45) is 0. The van der Waals surface area contributed by atoms with Crippen molar-refractivity contribution >= 4 is 72.0 Å². The van der Waals surface area contributed by atoms with E-state index >= 15 is 0 Å². The highest BCUT2D eigenvalue weighted by atomic mass is 15.1. The van der Waals surface area contributed by atoms with Gasteiger partial charge in [-0.05, 0) is 148 Å².